The number of hydrogen-bond acceptors (Lipinski definition) is 3. The predicted octanol–water partition coefficient (Wildman–Crippen LogP) is 3.35. The second kappa shape index (κ2) is 7.94. The molecule has 2 aromatic heterocycles. The van der Waals surface area contributed by atoms with Crippen LogP contribution in [0.2, 0.25) is 0 Å². The van der Waals surface area contributed by atoms with E-state index in [-0.39, 0.29) is 18.0 Å². The average Bonchev–Trinajstić information content (AvgIpc) is 3.15. The Bertz CT molecular complexity index is 1290. The van der Waals surface area contributed by atoms with E-state index in [1.54, 1.807) is 23.0 Å². The van der Waals surface area contributed by atoms with Gasteiger partial charge in [0.1, 0.15) is 11.3 Å². The number of nitrogens with one attached hydrogen (secondary N) is 1. The fourth-order valence-electron chi connectivity index (χ4n) is 3.43. The summed E-state index contributed by atoms with van der Waals surface area (Å²) in [5, 5.41) is 7.28. The molecule has 0 aliphatic carbocycles. The molecular formula is C23H21FN4O2. The molecule has 1 N–H and O–H groups in total. The third-order valence-electron chi connectivity index (χ3n) is 5.01. The maximum absolute atomic E-state index is 13.0. The summed E-state index contributed by atoms with van der Waals surface area (Å²) in [6, 6.07) is 13.2. The van der Waals surface area contributed by atoms with Crippen LogP contribution in [0.1, 0.15) is 21.5 Å². The number of benzene rings is 2. The molecule has 30 heavy (non-hydrogen) atoms. The number of nitrogens with zero attached hydrogens (tertiary/aromatic N) is 3. The molecule has 0 unspecified atom stereocenters. The fraction of sp³-hybridized carbons (Fsp3) is 0.174. The molecule has 0 spiro atoms. The second-order valence-corrected chi connectivity index (χ2v) is 7.24. The smallest absolute Gasteiger partial charge is 0.276 e. The summed E-state index contributed by atoms with van der Waals surface area (Å²) in [5.41, 5.74) is 4.66. The minimum atomic E-state index is -0.396. The summed E-state index contributed by atoms with van der Waals surface area (Å²) < 4.78 is 16.1. The summed E-state index contributed by atoms with van der Waals surface area (Å²) >= 11 is 0. The summed E-state index contributed by atoms with van der Waals surface area (Å²) in [5.74, 6) is -0.710. The Morgan fingerprint density at radius 3 is 2.57 bits per heavy atom. The Morgan fingerprint density at radius 2 is 1.83 bits per heavy atom. The van der Waals surface area contributed by atoms with E-state index < -0.39 is 5.82 Å². The highest BCUT2D eigenvalue weighted by Gasteiger charge is 2.11. The van der Waals surface area contributed by atoms with Gasteiger partial charge in [0, 0.05) is 36.6 Å². The monoisotopic (exact) mass is 404 g/mol. The molecule has 4 aromatic rings. The molecule has 4 rings (SSSR count). The van der Waals surface area contributed by atoms with Crippen LogP contribution in [-0.2, 0) is 6.54 Å². The van der Waals surface area contributed by atoms with Gasteiger partial charge in [0.2, 0.25) is 0 Å². The zero-order valence-electron chi connectivity index (χ0n) is 16.7. The van der Waals surface area contributed by atoms with E-state index in [0.29, 0.717) is 17.6 Å². The number of carbonyl (C=O) groups is 1. The third-order valence-corrected chi connectivity index (χ3v) is 5.01. The van der Waals surface area contributed by atoms with Crippen LogP contribution in [0.25, 0.3) is 16.8 Å². The molecule has 0 fully saturated rings. The predicted molar refractivity (Wildman–Crippen MR) is 113 cm³/mol. The van der Waals surface area contributed by atoms with Crippen LogP contribution >= 0.6 is 0 Å². The van der Waals surface area contributed by atoms with Crippen molar-refractivity contribution >= 4 is 11.4 Å². The molecule has 6 nitrogen and oxygen atoms in total. The zero-order chi connectivity index (χ0) is 21.3. The highest BCUT2D eigenvalue weighted by Crippen LogP contribution is 2.23. The average molecular weight is 404 g/mol. The van der Waals surface area contributed by atoms with Gasteiger partial charge >= 0.3 is 0 Å². The van der Waals surface area contributed by atoms with E-state index in [9.17, 15) is 14.0 Å². The number of hydrogen-bond donors (Lipinski definition) is 1. The van der Waals surface area contributed by atoms with Crippen molar-refractivity contribution in [1.29, 1.82) is 0 Å². The number of fused-ring (bicyclic) bond motifs is 1. The Morgan fingerprint density at radius 1 is 1.07 bits per heavy atom. The van der Waals surface area contributed by atoms with Gasteiger partial charge in [-0.25, -0.2) is 8.91 Å². The summed E-state index contributed by atoms with van der Waals surface area (Å²) in [6.45, 7) is 4.64. The molecule has 0 saturated heterocycles. The molecule has 2 heterocycles. The van der Waals surface area contributed by atoms with Gasteiger partial charge in [0.25, 0.3) is 11.5 Å². The Labute approximate surface area is 172 Å². The van der Waals surface area contributed by atoms with Gasteiger partial charge in [-0.15, -0.1) is 0 Å². The van der Waals surface area contributed by atoms with E-state index in [2.05, 4.69) is 16.5 Å². The first-order valence-electron chi connectivity index (χ1n) is 9.62. The fourth-order valence-corrected chi connectivity index (χ4v) is 3.43. The first kappa shape index (κ1) is 19.6. The van der Waals surface area contributed by atoms with Crippen molar-refractivity contribution in [1.82, 2.24) is 19.5 Å². The SMILES string of the molecule is Cc1ccc(-c2cc3c(=O)n(CCNC(=O)c4ccc(F)cc4)ccn3n2)c(C)c1. The molecule has 0 atom stereocenters. The van der Waals surface area contributed by atoms with Crippen LogP contribution in [0.5, 0.6) is 0 Å². The quantitative estimate of drug-likeness (QED) is 0.555. The lowest BCUT2D eigenvalue weighted by atomic mass is 10.0. The van der Waals surface area contributed by atoms with Gasteiger partial charge in [0.05, 0.1) is 5.69 Å². The molecule has 0 saturated carbocycles. The van der Waals surface area contributed by atoms with Gasteiger partial charge in [0.15, 0.2) is 0 Å². The van der Waals surface area contributed by atoms with E-state index in [1.165, 1.54) is 34.4 Å². The second-order valence-electron chi connectivity index (χ2n) is 7.24. The molecule has 0 radical (unpaired) electrons. The van der Waals surface area contributed by atoms with Crippen molar-refractivity contribution < 1.29 is 9.18 Å². The number of aromatic nitrogens is 3. The number of rotatable bonds is 5. The lowest BCUT2D eigenvalue weighted by Gasteiger charge is -2.08. The highest BCUT2D eigenvalue weighted by atomic mass is 19.1. The molecular weight excluding hydrogens is 383 g/mol. The molecule has 0 aliphatic heterocycles. The maximum Gasteiger partial charge on any atom is 0.276 e. The van der Waals surface area contributed by atoms with Gasteiger partial charge in [-0.1, -0.05) is 23.8 Å². The number of carbonyl (C=O) groups excluding carboxylic acids is 1. The van der Waals surface area contributed by atoms with Crippen molar-refractivity contribution in [3.63, 3.8) is 0 Å². The van der Waals surface area contributed by atoms with Crippen molar-refractivity contribution in [2.75, 3.05) is 6.54 Å². The summed E-state index contributed by atoms with van der Waals surface area (Å²) in [7, 11) is 0. The highest BCUT2D eigenvalue weighted by molar-refractivity contribution is 5.94. The molecule has 2 aromatic carbocycles. The van der Waals surface area contributed by atoms with Crippen molar-refractivity contribution in [2.45, 2.75) is 20.4 Å². The largest absolute Gasteiger partial charge is 0.350 e. The standard InChI is InChI=1S/C23H21FN4O2/c1-15-3-8-19(16(2)13-15)20-14-21-23(30)27(11-12-28(21)26-20)10-9-25-22(29)17-4-6-18(24)7-5-17/h3-8,11-14H,9-10H2,1-2H3,(H,25,29). The van der Waals surface area contributed by atoms with Crippen molar-refractivity contribution in [2.24, 2.45) is 0 Å². The molecule has 152 valence electrons. The Hall–Kier alpha value is -3.74. The van der Waals surface area contributed by atoms with Crippen molar-refractivity contribution in [3.8, 4) is 11.3 Å². The molecule has 7 heteroatoms. The van der Waals surface area contributed by atoms with Crippen LogP contribution in [0.4, 0.5) is 4.39 Å². The molecule has 1 amide bonds. The summed E-state index contributed by atoms with van der Waals surface area (Å²) in [4.78, 5) is 25.0. The van der Waals surface area contributed by atoms with Gasteiger partial charge in [-0.3, -0.25) is 9.59 Å². The molecule has 0 aliphatic rings. The van der Waals surface area contributed by atoms with Crippen LogP contribution in [-0.4, -0.2) is 26.6 Å². The first-order valence-corrected chi connectivity index (χ1v) is 9.62. The van der Waals surface area contributed by atoms with Crippen LogP contribution < -0.4 is 10.9 Å². The number of halogens is 1. The van der Waals surface area contributed by atoms with E-state index >= 15 is 0 Å². The first-order chi connectivity index (χ1) is 14.4. The normalized spacial score (nSPS) is 11.0. The maximum atomic E-state index is 13.0. The van der Waals surface area contributed by atoms with E-state index in [0.717, 1.165) is 16.8 Å². The Balaban J connectivity index is 1.51. The Kier molecular flexibility index (Phi) is 5.18. The lowest BCUT2D eigenvalue weighted by Crippen LogP contribution is -2.31. The topological polar surface area (TPSA) is 68.4 Å². The van der Waals surface area contributed by atoms with Gasteiger partial charge in [-0.2, -0.15) is 5.10 Å². The van der Waals surface area contributed by atoms with Crippen molar-refractivity contribution in [3.05, 3.63) is 93.8 Å². The zero-order valence-corrected chi connectivity index (χ0v) is 16.7. The van der Waals surface area contributed by atoms with Crippen LogP contribution in [0.15, 0.2) is 65.7 Å². The van der Waals surface area contributed by atoms with E-state index in [4.69, 9.17) is 0 Å². The molecule has 0 bridgehead atoms. The van der Waals surface area contributed by atoms with Crippen LogP contribution in [0, 0.1) is 19.7 Å². The lowest BCUT2D eigenvalue weighted by molar-refractivity contribution is 0.0952. The minimum Gasteiger partial charge on any atom is -0.350 e. The summed E-state index contributed by atoms with van der Waals surface area (Å²) in [6.07, 6.45) is 3.38. The number of amides is 1. The van der Waals surface area contributed by atoms with Gasteiger partial charge < -0.3 is 9.88 Å². The van der Waals surface area contributed by atoms with Crippen LogP contribution in [0.3, 0.4) is 0 Å². The van der Waals surface area contributed by atoms with Gasteiger partial charge in [-0.05, 0) is 49.7 Å². The van der Waals surface area contributed by atoms with E-state index in [1.807, 2.05) is 26.0 Å². The number of aryl methyl sites for hydroxylation is 2. The third kappa shape index (κ3) is 3.87. The minimum absolute atomic E-state index is 0.183.